The Morgan fingerprint density at radius 1 is 1.19 bits per heavy atom. The van der Waals surface area contributed by atoms with Crippen LogP contribution >= 0.6 is 0 Å². The number of fused-ring (bicyclic) bond motifs is 1. The third-order valence-corrected chi connectivity index (χ3v) is 4.89. The van der Waals surface area contributed by atoms with Crippen molar-refractivity contribution in [2.24, 2.45) is 0 Å². The van der Waals surface area contributed by atoms with Gasteiger partial charge >= 0.3 is 0 Å². The standard InChI is InChI=1S/C22H21N3O7/c1-29-15-5-3-4-13(20(15)30-2)10-23-21(27)18-19(26)22(28)25-17(24-18)9-12-6-7-14-16(8-12)32-11-31-14/h3-8,26H,9-11H2,1-2H3,(H,23,27)(H,24,25,28). The summed E-state index contributed by atoms with van der Waals surface area (Å²) < 4.78 is 21.2. The lowest BCUT2D eigenvalue weighted by atomic mass is 10.1. The maximum Gasteiger partial charge on any atom is 0.293 e. The molecule has 0 saturated heterocycles. The molecule has 3 aromatic rings. The van der Waals surface area contributed by atoms with E-state index < -0.39 is 17.2 Å². The van der Waals surface area contributed by atoms with Crippen molar-refractivity contribution in [3.05, 3.63) is 69.4 Å². The van der Waals surface area contributed by atoms with Gasteiger partial charge in [0.15, 0.2) is 28.7 Å². The Balaban J connectivity index is 1.54. The third-order valence-electron chi connectivity index (χ3n) is 4.89. The first-order valence-electron chi connectivity index (χ1n) is 9.69. The van der Waals surface area contributed by atoms with Crippen molar-refractivity contribution in [3.8, 4) is 28.7 Å². The molecule has 10 heteroatoms. The van der Waals surface area contributed by atoms with Crippen LogP contribution in [0.5, 0.6) is 28.7 Å². The summed E-state index contributed by atoms with van der Waals surface area (Å²) >= 11 is 0. The van der Waals surface area contributed by atoms with Gasteiger partial charge in [-0.3, -0.25) is 9.59 Å². The lowest BCUT2D eigenvalue weighted by Gasteiger charge is -2.13. The van der Waals surface area contributed by atoms with Gasteiger partial charge < -0.3 is 34.4 Å². The average Bonchev–Trinajstić information content (AvgIpc) is 3.27. The third kappa shape index (κ3) is 4.15. The second-order valence-electron chi connectivity index (χ2n) is 6.91. The van der Waals surface area contributed by atoms with Crippen LogP contribution in [0.15, 0.2) is 41.2 Å². The molecule has 166 valence electrons. The summed E-state index contributed by atoms with van der Waals surface area (Å²) in [6, 6.07) is 10.6. The lowest BCUT2D eigenvalue weighted by molar-refractivity contribution is 0.0941. The van der Waals surface area contributed by atoms with Gasteiger partial charge in [-0.15, -0.1) is 0 Å². The molecule has 0 spiro atoms. The van der Waals surface area contributed by atoms with Gasteiger partial charge in [-0.05, 0) is 23.8 Å². The Morgan fingerprint density at radius 3 is 2.78 bits per heavy atom. The number of ether oxygens (including phenoxy) is 4. The van der Waals surface area contributed by atoms with Crippen LogP contribution < -0.4 is 29.8 Å². The number of rotatable bonds is 7. The number of H-pyrrole nitrogens is 1. The Hall–Kier alpha value is -4.21. The molecule has 3 N–H and O–H groups in total. The number of nitrogens with zero attached hydrogens (tertiary/aromatic N) is 1. The molecule has 32 heavy (non-hydrogen) atoms. The number of amides is 1. The Kier molecular flexibility index (Phi) is 5.84. The number of nitrogens with one attached hydrogen (secondary N) is 2. The highest BCUT2D eigenvalue weighted by molar-refractivity contribution is 5.94. The molecule has 0 aliphatic carbocycles. The van der Waals surface area contributed by atoms with E-state index in [-0.39, 0.29) is 31.3 Å². The average molecular weight is 439 g/mol. The number of carbonyl (C=O) groups excluding carboxylic acids is 1. The molecule has 0 atom stereocenters. The molecule has 10 nitrogen and oxygen atoms in total. The molecule has 0 radical (unpaired) electrons. The second-order valence-corrected chi connectivity index (χ2v) is 6.91. The minimum Gasteiger partial charge on any atom is -0.501 e. The predicted molar refractivity (Wildman–Crippen MR) is 113 cm³/mol. The predicted octanol–water partition coefficient (Wildman–Crippen LogP) is 1.74. The highest BCUT2D eigenvalue weighted by Gasteiger charge is 2.20. The van der Waals surface area contributed by atoms with E-state index in [0.717, 1.165) is 5.56 Å². The summed E-state index contributed by atoms with van der Waals surface area (Å²) in [4.78, 5) is 31.6. The fraction of sp³-hybridized carbons (Fsp3) is 0.227. The van der Waals surface area contributed by atoms with Crippen LogP contribution in [0.3, 0.4) is 0 Å². The Labute approximate surface area is 182 Å². The molecular formula is C22H21N3O7. The quantitative estimate of drug-likeness (QED) is 0.507. The second kappa shape index (κ2) is 8.88. The van der Waals surface area contributed by atoms with Gasteiger partial charge in [0.25, 0.3) is 11.5 Å². The number of aromatic hydroxyl groups is 1. The van der Waals surface area contributed by atoms with Crippen molar-refractivity contribution in [2.45, 2.75) is 13.0 Å². The normalized spacial score (nSPS) is 11.8. The highest BCUT2D eigenvalue weighted by Crippen LogP contribution is 2.33. The van der Waals surface area contributed by atoms with Crippen LogP contribution in [-0.4, -0.2) is 42.0 Å². The molecule has 1 aromatic heterocycles. The van der Waals surface area contributed by atoms with Gasteiger partial charge in [-0.1, -0.05) is 18.2 Å². The zero-order valence-electron chi connectivity index (χ0n) is 17.4. The van der Waals surface area contributed by atoms with Crippen molar-refractivity contribution in [1.82, 2.24) is 15.3 Å². The number of benzene rings is 2. The number of hydrogen-bond donors (Lipinski definition) is 3. The molecule has 2 heterocycles. The summed E-state index contributed by atoms with van der Waals surface area (Å²) in [7, 11) is 3.01. The number of hydrogen-bond acceptors (Lipinski definition) is 8. The number of aromatic amines is 1. The van der Waals surface area contributed by atoms with Crippen molar-refractivity contribution < 1.29 is 28.8 Å². The van der Waals surface area contributed by atoms with Crippen LogP contribution in [-0.2, 0) is 13.0 Å². The van der Waals surface area contributed by atoms with Crippen LogP contribution in [0.4, 0.5) is 0 Å². The summed E-state index contributed by atoms with van der Waals surface area (Å²) in [5.41, 5.74) is 0.270. The van der Waals surface area contributed by atoms with Crippen molar-refractivity contribution in [1.29, 1.82) is 0 Å². The maximum atomic E-state index is 12.7. The number of carbonyl (C=O) groups is 1. The minimum atomic E-state index is -0.806. The van der Waals surface area contributed by atoms with E-state index in [9.17, 15) is 14.7 Å². The van der Waals surface area contributed by atoms with Crippen molar-refractivity contribution >= 4 is 5.91 Å². The molecular weight excluding hydrogens is 418 g/mol. The molecule has 0 saturated carbocycles. The van der Waals surface area contributed by atoms with Crippen molar-refractivity contribution in [2.75, 3.05) is 21.0 Å². The van der Waals surface area contributed by atoms with Gasteiger partial charge in [-0.25, -0.2) is 4.98 Å². The topological polar surface area (TPSA) is 132 Å². The largest absolute Gasteiger partial charge is 0.501 e. The van der Waals surface area contributed by atoms with Gasteiger partial charge in [0.05, 0.1) is 14.2 Å². The van der Waals surface area contributed by atoms with Crippen molar-refractivity contribution in [3.63, 3.8) is 0 Å². The fourth-order valence-electron chi connectivity index (χ4n) is 3.35. The lowest BCUT2D eigenvalue weighted by Crippen LogP contribution is -2.27. The first-order valence-corrected chi connectivity index (χ1v) is 9.69. The molecule has 2 aromatic carbocycles. The fourth-order valence-corrected chi connectivity index (χ4v) is 3.35. The smallest absolute Gasteiger partial charge is 0.293 e. The number of para-hydroxylation sites is 1. The molecule has 4 rings (SSSR count). The zero-order valence-corrected chi connectivity index (χ0v) is 17.4. The van der Waals surface area contributed by atoms with Crippen LogP contribution in [0.1, 0.15) is 27.4 Å². The van der Waals surface area contributed by atoms with Crippen LogP contribution in [0.2, 0.25) is 0 Å². The van der Waals surface area contributed by atoms with Gasteiger partial charge in [0, 0.05) is 18.5 Å². The first-order chi connectivity index (χ1) is 15.5. The molecule has 0 unspecified atom stereocenters. The SMILES string of the molecule is COc1cccc(CNC(=O)c2nc(Cc3ccc4c(c3)OCO4)[nH]c(=O)c2O)c1OC. The van der Waals surface area contributed by atoms with Gasteiger partial charge in [0.1, 0.15) is 5.82 Å². The summed E-state index contributed by atoms with van der Waals surface area (Å²) in [6.07, 6.45) is 0.218. The van der Waals surface area contributed by atoms with Crippen LogP contribution in [0, 0.1) is 0 Å². The van der Waals surface area contributed by atoms with Gasteiger partial charge in [-0.2, -0.15) is 0 Å². The van der Waals surface area contributed by atoms with E-state index in [1.807, 2.05) is 0 Å². The molecule has 0 fully saturated rings. The van der Waals surface area contributed by atoms with Gasteiger partial charge in [0.2, 0.25) is 12.5 Å². The first kappa shape index (κ1) is 21.0. The minimum absolute atomic E-state index is 0.0740. The zero-order chi connectivity index (χ0) is 22.7. The summed E-state index contributed by atoms with van der Waals surface area (Å²) in [6.45, 7) is 0.222. The number of methoxy groups -OCH3 is 2. The molecule has 1 amide bonds. The summed E-state index contributed by atoms with van der Waals surface area (Å²) in [5, 5.41) is 12.8. The monoisotopic (exact) mass is 439 g/mol. The van der Waals surface area contributed by atoms with E-state index in [0.29, 0.717) is 28.6 Å². The maximum absolute atomic E-state index is 12.7. The van der Waals surface area contributed by atoms with E-state index in [4.69, 9.17) is 18.9 Å². The molecule has 1 aliphatic rings. The van der Waals surface area contributed by atoms with E-state index in [1.165, 1.54) is 14.2 Å². The Morgan fingerprint density at radius 2 is 2.00 bits per heavy atom. The van der Waals surface area contributed by atoms with E-state index in [2.05, 4.69) is 15.3 Å². The number of aromatic nitrogens is 2. The van der Waals surface area contributed by atoms with E-state index >= 15 is 0 Å². The van der Waals surface area contributed by atoms with E-state index in [1.54, 1.807) is 36.4 Å². The highest BCUT2D eigenvalue weighted by atomic mass is 16.7. The molecule has 1 aliphatic heterocycles. The summed E-state index contributed by atoms with van der Waals surface area (Å²) in [5.74, 6) is 0.975. The Bertz CT molecular complexity index is 1220. The molecule has 0 bridgehead atoms. The van der Waals surface area contributed by atoms with Crippen LogP contribution in [0.25, 0.3) is 0 Å².